The van der Waals surface area contributed by atoms with Crippen LogP contribution in [0.1, 0.15) is 33.1 Å². The van der Waals surface area contributed by atoms with Crippen LogP contribution in [-0.4, -0.2) is 43.8 Å². The normalized spacial score (nSPS) is 25.5. The maximum atomic E-state index is 12.0. The third kappa shape index (κ3) is 4.92. The Morgan fingerprint density at radius 3 is 2.42 bits per heavy atom. The summed E-state index contributed by atoms with van der Waals surface area (Å²) < 4.78 is 61.3. The molecule has 1 saturated heterocycles. The van der Waals surface area contributed by atoms with Crippen LogP contribution in [0.3, 0.4) is 0 Å². The van der Waals surface area contributed by atoms with Gasteiger partial charge in [0.05, 0.1) is 5.75 Å². The molecule has 0 aromatic carbocycles. The number of halogens is 3. The van der Waals surface area contributed by atoms with E-state index in [1.807, 2.05) is 13.8 Å². The molecule has 0 radical (unpaired) electrons. The Labute approximate surface area is 112 Å². The monoisotopic (exact) mass is 302 g/mol. The van der Waals surface area contributed by atoms with Gasteiger partial charge in [0.15, 0.2) is 0 Å². The number of nitrogens with zero attached hydrogens (tertiary/aromatic N) is 1. The van der Waals surface area contributed by atoms with Crippen LogP contribution in [0.4, 0.5) is 13.2 Å². The number of sulfonamides is 1. The lowest BCUT2D eigenvalue weighted by Crippen LogP contribution is -2.54. The molecule has 2 N–H and O–H groups in total. The molecule has 1 unspecified atom stereocenters. The molecule has 0 saturated carbocycles. The average molecular weight is 302 g/mol. The van der Waals surface area contributed by atoms with Gasteiger partial charge in [0.2, 0.25) is 10.0 Å². The van der Waals surface area contributed by atoms with Crippen LogP contribution in [0.2, 0.25) is 0 Å². The summed E-state index contributed by atoms with van der Waals surface area (Å²) in [4.78, 5) is 0. The van der Waals surface area contributed by atoms with Gasteiger partial charge in [-0.15, -0.1) is 0 Å². The van der Waals surface area contributed by atoms with Crippen molar-refractivity contribution in [3.05, 3.63) is 0 Å². The highest BCUT2D eigenvalue weighted by atomic mass is 32.2. The lowest BCUT2D eigenvalue weighted by Gasteiger charge is -2.41. The van der Waals surface area contributed by atoms with Gasteiger partial charge in [-0.2, -0.15) is 13.2 Å². The van der Waals surface area contributed by atoms with Crippen LogP contribution in [0.15, 0.2) is 0 Å². The van der Waals surface area contributed by atoms with Crippen LogP contribution in [-0.2, 0) is 10.0 Å². The maximum Gasteiger partial charge on any atom is 0.389 e. The van der Waals surface area contributed by atoms with E-state index >= 15 is 0 Å². The Bertz CT molecular complexity index is 407. The molecule has 8 heteroatoms. The fraction of sp³-hybridized carbons (Fsp3) is 1.00. The lowest BCUT2D eigenvalue weighted by atomic mass is 9.81. The van der Waals surface area contributed by atoms with Crippen molar-refractivity contribution in [3.8, 4) is 0 Å². The van der Waals surface area contributed by atoms with Crippen molar-refractivity contribution in [2.24, 2.45) is 11.1 Å². The second-order valence-corrected chi connectivity index (χ2v) is 7.84. The van der Waals surface area contributed by atoms with E-state index in [9.17, 15) is 21.6 Å². The second kappa shape index (κ2) is 5.57. The number of piperidine rings is 1. The van der Waals surface area contributed by atoms with Crippen LogP contribution in [0.25, 0.3) is 0 Å². The van der Waals surface area contributed by atoms with Crippen molar-refractivity contribution >= 4 is 10.0 Å². The van der Waals surface area contributed by atoms with Gasteiger partial charge in [-0.25, -0.2) is 12.7 Å². The van der Waals surface area contributed by atoms with Gasteiger partial charge in [0.25, 0.3) is 0 Å². The van der Waals surface area contributed by atoms with E-state index in [0.29, 0.717) is 13.0 Å². The summed E-state index contributed by atoms with van der Waals surface area (Å²) in [6.07, 6.45) is -5.23. The highest BCUT2D eigenvalue weighted by molar-refractivity contribution is 7.89. The smallest absolute Gasteiger partial charge is 0.327 e. The van der Waals surface area contributed by atoms with E-state index in [-0.39, 0.29) is 18.0 Å². The summed E-state index contributed by atoms with van der Waals surface area (Å²) in [7, 11) is -3.62. The lowest BCUT2D eigenvalue weighted by molar-refractivity contribution is -0.134. The number of hydrogen-bond donors (Lipinski definition) is 1. The van der Waals surface area contributed by atoms with Gasteiger partial charge in [0, 0.05) is 25.6 Å². The van der Waals surface area contributed by atoms with Gasteiger partial charge in [0.1, 0.15) is 0 Å². The molecule has 19 heavy (non-hydrogen) atoms. The largest absolute Gasteiger partial charge is 0.389 e. The van der Waals surface area contributed by atoms with Gasteiger partial charge in [-0.05, 0) is 18.3 Å². The molecule has 0 amide bonds. The molecular weight excluding hydrogens is 281 g/mol. The van der Waals surface area contributed by atoms with E-state index in [2.05, 4.69) is 0 Å². The Balaban J connectivity index is 2.59. The topological polar surface area (TPSA) is 63.4 Å². The van der Waals surface area contributed by atoms with Crippen LogP contribution in [0, 0.1) is 5.41 Å². The first-order valence-corrected chi connectivity index (χ1v) is 7.85. The molecule has 1 heterocycles. The second-order valence-electron chi connectivity index (χ2n) is 5.75. The van der Waals surface area contributed by atoms with Gasteiger partial charge >= 0.3 is 6.18 Å². The molecule has 1 atom stereocenters. The highest BCUT2D eigenvalue weighted by Gasteiger charge is 2.38. The molecule has 0 spiro atoms. The van der Waals surface area contributed by atoms with Crippen molar-refractivity contribution in [3.63, 3.8) is 0 Å². The van der Waals surface area contributed by atoms with Crippen LogP contribution < -0.4 is 5.73 Å². The quantitative estimate of drug-likeness (QED) is 0.860. The molecule has 1 aliphatic rings. The van der Waals surface area contributed by atoms with E-state index in [1.165, 1.54) is 4.31 Å². The number of rotatable bonds is 4. The third-order valence-electron chi connectivity index (χ3n) is 3.53. The van der Waals surface area contributed by atoms with Crippen molar-refractivity contribution in [2.45, 2.75) is 45.3 Å². The summed E-state index contributed by atoms with van der Waals surface area (Å²) in [6.45, 7) is 4.30. The van der Waals surface area contributed by atoms with Crippen LogP contribution in [0.5, 0.6) is 0 Å². The van der Waals surface area contributed by atoms with Crippen molar-refractivity contribution in [2.75, 3.05) is 18.8 Å². The fourth-order valence-corrected chi connectivity index (χ4v) is 3.83. The Morgan fingerprint density at radius 2 is 1.95 bits per heavy atom. The molecule has 0 aromatic rings. The summed E-state index contributed by atoms with van der Waals surface area (Å²) in [5, 5.41) is 0. The zero-order valence-electron chi connectivity index (χ0n) is 11.2. The first-order valence-electron chi connectivity index (χ1n) is 6.24. The number of nitrogens with two attached hydrogens (primary N) is 1. The third-order valence-corrected chi connectivity index (χ3v) is 5.44. The standard InChI is InChI=1S/C11H21F3N2O2S/c1-10(2)8-16(6-4-9(10)15)19(17,18)7-3-5-11(12,13)14/h9H,3-8,15H2,1-2H3. The van der Waals surface area contributed by atoms with Crippen LogP contribution >= 0.6 is 0 Å². The fourth-order valence-electron chi connectivity index (χ4n) is 2.15. The molecular formula is C11H21F3N2O2S. The first kappa shape index (κ1) is 16.7. The zero-order chi connectivity index (χ0) is 14.9. The minimum atomic E-state index is -4.31. The zero-order valence-corrected chi connectivity index (χ0v) is 12.0. The Morgan fingerprint density at radius 1 is 1.37 bits per heavy atom. The summed E-state index contributed by atoms with van der Waals surface area (Å²) >= 11 is 0. The molecule has 0 bridgehead atoms. The molecule has 4 nitrogen and oxygen atoms in total. The summed E-state index contributed by atoms with van der Waals surface area (Å²) in [6, 6.07) is -0.0888. The maximum absolute atomic E-state index is 12.0. The molecule has 1 fully saturated rings. The minimum Gasteiger partial charge on any atom is -0.327 e. The van der Waals surface area contributed by atoms with E-state index in [4.69, 9.17) is 5.73 Å². The number of alkyl halides is 3. The predicted octanol–water partition coefficient (Wildman–Crippen LogP) is 1.72. The Kier molecular flexibility index (Phi) is 4.90. The van der Waals surface area contributed by atoms with Gasteiger partial charge in [-0.3, -0.25) is 0 Å². The number of hydrogen-bond acceptors (Lipinski definition) is 3. The SMILES string of the molecule is CC1(C)CN(S(=O)(=O)CCCC(F)(F)F)CCC1N. The molecule has 1 aliphatic heterocycles. The van der Waals surface area contributed by atoms with E-state index in [0.717, 1.165) is 0 Å². The van der Waals surface area contributed by atoms with Crippen molar-refractivity contribution < 1.29 is 21.6 Å². The highest BCUT2D eigenvalue weighted by Crippen LogP contribution is 2.30. The van der Waals surface area contributed by atoms with Gasteiger partial charge < -0.3 is 5.73 Å². The predicted molar refractivity (Wildman–Crippen MR) is 67.0 cm³/mol. The van der Waals surface area contributed by atoms with Gasteiger partial charge in [-0.1, -0.05) is 13.8 Å². The van der Waals surface area contributed by atoms with Crippen molar-refractivity contribution in [1.29, 1.82) is 0 Å². The van der Waals surface area contributed by atoms with E-state index in [1.54, 1.807) is 0 Å². The van der Waals surface area contributed by atoms with Crippen molar-refractivity contribution in [1.82, 2.24) is 4.31 Å². The average Bonchev–Trinajstić information content (AvgIpc) is 2.19. The first-order chi connectivity index (χ1) is 8.44. The Hall–Kier alpha value is -0.340. The molecule has 0 aliphatic carbocycles. The summed E-state index contributed by atoms with van der Waals surface area (Å²) in [5.41, 5.74) is 5.55. The molecule has 114 valence electrons. The molecule has 0 aromatic heterocycles. The molecule has 1 rings (SSSR count). The minimum absolute atomic E-state index is 0.0888. The van der Waals surface area contributed by atoms with E-state index < -0.39 is 34.8 Å². The summed E-state index contributed by atoms with van der Waals surface area (Å²) in [5.74, 6) is -0.460.